The Hall–Kier alpha value is -0.940. The van der Waals surface area contributed by atoms with Crippen LogP contribution in [0.2, 0.25) is 5.02 Å². The number of carboxylic acids is 1. The standard InChI is InChI=1S/C9H11ClN2O2S/c10-8-6(3-4-12-9(8)11)15-5-1-2-7(13)14/h3-4H,1-2,5H2,(H2,11,12)(H,13,14). The van der Waals surface area contributed by atoms with Crippen molar-refractivity contribution in [3.63, 3.8) is 0 Å². The number of rotatable bonds is 5. The smallest absolute Gasteiger partial charge is 0.303 e. The quantitative estimate of drug-likeness (QED) is 0.616. The van der Waals surface area contributed by atoms with E-state index in [1.165, 1.54) is 11.8 Å². The Bertz CT molecular complexity index is 360. The zero-order valence-corrected chi connectivity index (χ0v) is 9.51. The van der Waals surface area contributed by atoms with Crippen molar-refractivity contribution >= 4 is 35.1 Å². The number of carbonyl (C=O) groups is 1. The summed E-state index contributed by atoms with van der Waals surface area (Å²) in [6.07, 6.45) is 2.37. The molecule has 0 saturated heterocycles. The topological polar surface area (TPSA) is 76.2 Å². The first kappa shape index (κ1) is 12.1. The van der Waals surface area contributed by atoms with Gasteiger partial charge >= 0.3 is 5.97 Å². The van der Waals surface area contributed by atoms with Gasteiger partial charge in [-0.15, -0.1) is 11.8 Å². The Labute approximate surface area is 96.8 Å². The van der Waals surface area contributed by atoms with Gasteiger partial charge in [0.15, 0.2) is 0 Å². The Balaban J connectivity index is 2.44. The minimum Gasteiger partial charge on any atom is -0.481 e. The molecule has 1 aromatic rings. The van der Waals surface area contributed by atoms with Crippen molar-refractivity contribution in [1.29, 1.82) is 0 Å². The van der Waals surface area contributed by atoms with Crippen LogP contribution in [0.4, 0.5) is 5.82 Å². The summed E-state index contributed by atoms with van der Waals surface area (Å²) in [6.45, 7) is 0. The first-order chi connectivity index (χ1) is 7.11. The molecule has 3 N–H and O–H groups in total. The van der Waals surface area contributed by atoms with E-state index >= 15 is 0 Å². The van der Waals surface area contributed by atoms with Crippen LogP contribution in [0.5, 0.6) is 0 Å². The number of pyridine rings is 1. The molecule has 4 nitrogen and oxygen atoms in total. The average molecular weight is 247 g/mol. The number of aromatic nitrogens is 1. The van der Waals surface area contributed by atoms with Gasteiger partial charge in [-0.05, 0) is 18.2 Å². The average Bonchev–Trinajstić information content (AvgIpc) is 2.18. The molecule has 0 fully saturated rings. The first-order valence-electron chi connectivity index (χ1n) is 4.36. The molecule has 0 amide bonds. The zero-order chi connectivity index (χ0) is 11.3. The number of carboxylic acid groups (broad SMARTS) is 1. The normalized spacial score (nSPS) is 10.2. The van der Waals surface area contributed by atoms with Crippen molar-refractivity contribution in [2.75, 3.05) is 11.5 Å². The molecular formula is C9H11ClN2O2S. The van der Waals surface area contributed by atoms with Gasteiger partial charge in [0.25, 0.3) is 0 Å². The fourth-order valence-electron chi connectivity index (χ4n) is 0.958. The lowest BCUT2D eigenvalue weighted by molar-refractivity contribution is -0.137. The second-order valence-corrected chi connectivity index (χ2v) is 4.37. The lowest BCUT2D eigenvalue weighted by Gasteiger charge is -2.04. The second-order valence-electron chi connectivity index (χ2n) is 2.85. The van der Waals surface area contributed by atoms with Gasteiger partial charge in [0.05, 0.1) is 5.02 Å². The summed E-state index contributed by atoms with van der Waals surface area (Å²) in [6, 6.07) is 1.77. The predicted molar refractivity (Wildman–Crippen MR) is 61.3 cm³/mol. The van der Waals surface area contributed by atoms with Gasteiger partial charge in [0.2, 0.25) is 0 Å². The van der Waals surface area contributed by atoms with Gasteiger partial charge in [-0.3, -0.25) is 4.79 Å². The number of thioether (sulfide) groups is 1. The van der Waals surface area contributed by atoms with Gasteiger partial charge in [-0.1, -0.05) is 11.6 Å². The highest BCUT2D eigenvalue weighted by molar-refractivity contribution is 7.99. The third-order valence-electron chi connectivity index (χ3n) is 1.67. The molecule has 6 heteroatoms. The fraction of sp³-hybridized carbons (Fsp3) is 0.333. The minimum atomic E-state index is -0.782. The van der Waals surface area contributed by atoms with E-state index in [1.807, 2.05) is 0 Å². The number of nitrogens with zero attached hydrogens (tertiary/aromatic N) is 1. The highest BCUT2D eigenvalue weighted by atomic mass is 35.5. The predicted octanol–water partition coefficient (Wildman–Crippen LogP) is 2.27. The molecule has 1 aromatic heterocycles. The lowest BCUT2D eigenvalue weighted by Crippen LogP contribution is -1.95. The molecule has 0 bridgehead atoms. The monoisotopic (exact) mass is 246 g/mol. The highest BCUT2D eigenvalue weighted by Gasteiger charge is 2.05. The molecule has 1 heterocycles. The number of anilines is 1. The maximum absolute atomic E-state index is 10.3. The van der Waals surface area contributed by atoms with Crippen molar-refractivity contribution in [1.82, 2.24) is 4.98 Å². The van der Waals surface area contributed by atoms with Gasteiger partial charge < -0.3 is 10.8 Å². The largest absolute Gasteiger partial charge is 0.481 e. The fourth-order valence-corrected chi connectivity index (χ4v) is 2.13. The van der Waals surface area contributed by atoms with Crippen LogP contribution >= 0.6 is 23.4 Å². The van der Waals surface area contributed by atoms with Crippen LogP contribution < -0.4 is 5.73 Å². The van der Waals surface area contributed by atoms with Crippen molar-refractivity contribution < 1.29 is 9.90 Å². The summed E-state index contributed by atoms with van der Waals surface area (Å²) in [4.78, 5) is 14.9. The molecule has 0 aliphatic rings. The summed E-state index contributed by atoms with van der Waals surface area (Å²) in [5, 5.41) is 8.89. The molecule has 1 rings (SSSR count). The van der Waals surface area contributed by atoms with Crippen LogP contribution in [-0.4, -0.2) is 21.8 Å². The third kappa shape index (κ3) is 3.97. The van der Waals surface area contributed by atoms with E-state index in [9.17, 15) is 4.79 Å². The van der Waals surface area contributed by atoms with Crippen LogP contribution in [0.15, 0.2) is 17.2 Å². The van der Waals surface area contributed by atoms with E-state index in [4.69, 9.17) is 22.4 Å². The molecule has 0 radical (unpaired) electrons. The van der Waals surface area contributed by atoms with E-state index < -0.39 is 5.97 Å². The number of aliphatic carboxylic acids is 1. The number of hydrogen-bond donors (Lipinski definition) is 2. The molecule has 0 spiro atoms. The Kier molecular flexibility index (Phi) is 4.71. The molecule has 0 aromatic carbocycles. The van der Waals surface area contributed by atoms with Gasteiger partial charge in [0, 0.05) is 17.5 Å². The highest BCUT2D eigenvalue weighted by Crippen LogP contribution is 2.30. The molecule has 15 heavy (non-hydrogen) atoms. The second kappa shape index (κ2) is 5.82. The van der Waals surface area contributed by atoms with Gasteiger partial charge in [-0.25, -0.2) is 4.98 Å². The third-order valence-corrected chi connectivity index (χ3v) is 3.33. The number of halogens is 1. The Morgan fingerprint density at radius 1 is 1.67 bits per heavy atom. The van der Waals surface area contributed by atoms with Crippen molar-refractivity contribution in [3.8, 4) is 0 Å². The summed E-state index contributed by atoms with van der Waals surface area (Å²) >= 11 is 7.40. The van der Waals surface area contributed by atoms with Crippen LogP contribution in [-0.2, 0) is 4.79 Å². The van der Waals surface area contributed by atoms with E-state index in [2.05, 4.69) is 4.98 Å². The molecular weight excluding hydrogens is 236 g/mol. The van der Waals surface area contributed by atoms with E-state index in [0.717, 1.165) is 4.90 Å². The minimum absolute atomic E-state index is 0.172. The van der Waals surface area contributed by atoms with Crippen LogP contribution in [0.3, 0.4) is 0 Å². The van der Waals surface area contributed by atoms with Crippen LogP contribution in [0.25, 0.3) is 0 Å². The van der Waals surface area contributed by atoms with Crippen molar-refractivity contribution in [2.24, 2.45) is 0 Å². The Morgan fingerprint density at radius 3 is 3.07 bits per heavy atom. The van der Waals surface area contributed by atoms with Gasteiger partial charge in [-0.2, -0.15) is 0 Å². The SMILES string of the molecule is Nc1nccc(SCCCC(=O)O)c1Cl. The molecule has 82 valence electrons. The van der Waals surface area contributed by atoms with Crippen molar-refractivity contribution in [2.45, 2.75) is 17.7 Å². The summed E-state index contributed by atoms with van der Waals surface area (Å²) in [5.41, 5.74) is 5.52. The molecule has 0 aliphatic heterocycles. The van der Waals surface area contributed by atoms with Crippen molar-refractivity contribution in [3.05, 3.63) is 17.3 Å². The summed E-state index contributed by atoms with van der Waals surface area (Å²) in [7, 11) is 0. The summed E-state index contributed by atoms with van der Waals surface area (Å²) < 4.78 is 0. The number of nitrogen functional groups attached to an aromatic ring is 1. The van der Waals surface area contributed by atoms with E-state index in [0.29, 0.717) is 23.0 Å². The summed E-state index contributed by atoms with van der Waals surface area (Å²) in [5.74, 6) is 0.228. The van der Waals surface area contributed by atoms with Gasteiger partial charge in [0.1, 0.15) is 5.82 Å². The number of nitrogens with two attached hydrogens (primary N) is 1. The maximum Gasteiger partial charge on any atom is 0.303 e. The molecule has 0 saturated carbocycles. The number of hydrogen-bond acceptors (Lipinski definition) is 4. The Morgan fingerprint density at radius 2 is 2.40 bits per heavy atom. The maximum atomic E-state index is 10.3. The van der Waals surface area contributed by atoms with E-state index in [-0.39, 0.29) is 6.42 Å². The first-order valence-corrected chi connectivity index (χ1v) is 5.72. The molecule has 0 atom stereocenters. The molecule has 0 aliphatic carbocycles. The zero-order valence-electron chi connectivity index (χ0n) is 7.94. The van der Waals surface area contributed by atoms with Crippen LogP contribution in [0.1, 0.15) is 12.8 Å². The van der Waals surface area contributed by atoms with E-state index in [1.54, 1.807) is 12.3 Å². The lowest BCUT2D eigenvalue weighted by atomic mass is 10.3. The van der Waals surface area contributed by atoms with Crippen LogP contribution in [0, 0.1) is 0 Å². The molecule has 0 unspecified atom stereocenters.